The van der Waals surface area contributed by atoms with Gasteiger partial charge < -0.3 is 10.2 Å². The highest BCUT2D eigenvalue weighted by molar-refractivity contribution is 6.13. The monoisotopic (exact) mass is 346 g/mol. The first kappa shape index (κ1) is 17.1. The second-order valence-electron chi connectivity index (χ2n) is 5.64. The van der Waals surface area contributed by atoms with E-state index in [1.165, 1.54) is 12.1 Å². The van der Waals surface area contributed by atoms with Gasteiger partial charge in [0.25, 0.3) is 0 Å². The van der Waals surface area contributed by atoms with Crippen LogP contribution >= 0.6 is 0 Å². The lowest BCUT2D eigenvalue weighted by atomic mass is 9.96. The van der Waals surface area contributed by atoms with Crippen molar-refractivity contribution >= 4 is 17.5 Å². The lowest BCUT2D eigenvalue weighted by Gasteiger charge is -2.06. The molecule has 0 amide bonds. The van der Waals surface area contributed by atoms with E-state index in [2.05, 4.69) is 0 Å². The van der Waals surface area contributed by atoms with Gasteiger partial charge in [-0.2, -0.15) is 0 Å². The molecule has 0 aliphatic carbocycles. The second-order valence-corrected chi connectivity index (χ2v) is 5.64. The van der Waals surface area contributed by atoms with E-state index in [1.54, 1.807) is 42.5 Å². The molecule has 3 aromatic carbocycles. The topological polar surface area (TPSA) is 91.7 Å². The molecular formula is C21H14O5. The van der Waals surface area contributed by atoms with Gasteiger partial charge in [-0.15, -0.1) is 0 Å². The van der Waals surface area contributed by atoms with Crippen LogP contribution in [0.2, 0.25) is 0 Å². The molecule has 128 valence electrons. The molecule has 0 aliphatic heterocycles. The third-order valence-corrected chi connectivity index (χ3v) is 3.91. The first-order chi connectivity index (χ1) is 12.5. The van der Waals surface area contributed by atoms with Crippen molar-refractivity contribution in [3.8, 4) is 5.75 Å². The minimum absolute atomic E-state index is 0.115. The molecule has 3 rings (SSSR count). The Bertz CT molecular complexity index is 1010. The highest BCUT2D eigenvalue weighted by Gasteiger charge is 2.17. The zero-order valence-electron chi connectivity index (χ0n) is 13.5. The number of benzene rings is 3. The molecule has 5 nitrogen and oxygen atoms in total. The molecule has 0 bridgehead atoms. The van der Waals surface area contributed by atoms with Crippen molar-refractivity contribution in [2.45, 2.75) is 0 Å². The predicted octanol–water partition coefficient (Wildman–Crippen LogP) is 3.55. The first-order valence-corrected chi connectivity index (χ1v) is 7.78. The number of carbonyl (C=O) groups excluding carboxylic acids is 2. The number of aromatic hydroxyl groups is 1. The highest BCUT2D eigenvalue weighted by atomic mass is 16.4. The average Bonchev–Trinajstić information content (AvgIpc) is 2.68. The van der Waals surface area contributed by atoms with Crippen molar-refractivity contribution in [1.29, 1.82) is 0 Å². The van der Waals surface area contributed by atoms with Gasteiger partial charge in [0, 0.05) is 22.3 Å². The fourth-order valence-electron chi connectivity index (χ4n) is 2.57. The summed E-state index contributed by atoms with van der Waals surface area (Å²) in [6, 6.07) is 18.6. The van der Waals surface area contributed by atoms with Crippen LogP contribution in [0.15, 0.2) is 72.8 Å². The summed E-state index contributed by atoms with van der Waals surface area (Å²) in [5.41, 5.74) is 0.889. The number of aromatic carboxylic acids is 1. The van der Waals surface area contributed by atoms with Crippen LogP contribution in [0.4, 0.5) is 0 Å². The molecule has 0 saturated carbocycles. The van der Waals surface area contributed by atoms with Crippen molar-refractivity contribution in [2.75, 3.05) is 0 Å². The number of ketones is 2. The van der Waals surface area contributed by atoms with Crippen molar-refractivity contribution in [2.24, 2.45) is 0 Å². The minimum Gasteiger partial charge on any atom is -0.507 e. The van der Waals surface area contributed by atoms with E-state index in [0.29, 0.717) is 11.1 Å². The van der Waals surface area contributed by atoms with Gasteiger partial charge in [-0.05, 0) is 24.3 Å². The van der Waals surface area contributed by atoms with Gasteiger partial charge in [-0.3, -0.25) is 9.59 Å². The summed E-state index contributed by atoms with van der Waals surface area (Å²) in [6.07, 6.45) is 0. The van der Waals surface area contributed by atoms with Gasteiger partial charge >= 0.3 is 5.97 Å². The van der Waals surface area contributed by atoms with Crippen molar-refractivity contribution in [3.63, 3.8) is 0 Å². The van der Waals surface area contributed by atoms with Crippen molar-refractivity contribution in [1.82, 2.24) is 0 Å². The molecule has 2 N–H and O–H groups in total. The summed E-state index contributed by atoms with van der Waals surface area (Å²) in [5.74, 6) is -2.39. The summed E-state index contributed by atoms with van der Waals surface area (Å²) in [7, 11) is 0. The zero-order chi connectivity index (χ0) is 18.7. The van der Waals surface area contributed by atoms with Crippen molar-refractivity contribution < 1.29 is 24.6 Å². The highest BCUT2D eigenvalue weighted by Crippen LogP contribution is 2.21. The Morgan fingerprint density at radius 1 is 0.615 bits per heavy atom. The lowest BCUT2D eigenvalue weighted by Crippen LogP contribution is -2.07. The van der Waals surface area contributed by atoms with Crippen LogP contribution in [0.3, 0.4) is 0 Å². The van der Waals surface area contributed by atoms with Gasteiger partial charge in [0.2, 0.25) is 0 Å². The molecule has 0 unspecified atom stereocenters. The van der Waals surface area contributed by atoms with E-state index < -0.39 is 17.5 Å². The molecule has 0 atom stereocenters. The molecule has 0 saturated heterocycles. The van der Waals surface area contributed by atoms with E-state index in [9.17, 15) is 19.5 Å². The van der Waals surface area contributed by atoms with Crippen LogP contribution in [0.25, 0.3) is 0 Å². The molecule has 0 spiro atoms. The number of carboxylic acid groups (broad SMARTS) is 1. The molecule has 5 heteroatoms. The Labute approximate surface area is 149 Å². The van der Waals surface area contributed by atoms with Crippen LogP contribution in [0.5, 0.6) is 5.75 Å². The number of carboxylic acids is 1. The normalized spacial score (nSPS) is 10.3. The fraction of sp³-hybridized carbons (Fsp3) is 0. The maximum Gasteiger partial charge on any atom is 0.339 e. The minimum atomic E-state index is -1.33. The fourth-order valence-corrected chi connectivity index (χ4v) is 2.57. The summed E-state index contributed by atoms with van der Waals surface area (Å²) in [5, 5.41) is 18.6. The van der Waals surface area contributed by atoms with E-state index in [-0.39, 0.29) is 22.5 Å². The third-order valence-electron chi connectivity index (χ3n) is 3.91. The molecule has 0 radical (unpaired) electrons. The molecule has 0 fully saturated rings. The zero-order valence-corrected chi connectivity index (χ0v) is 13.5. The maximum absolute atomic E-state index is 12.7. The predicted molar refractivity (Wildman–Crippen MR) is 94.8 cm³/mol. The quantitative estimate of drug-likeness (QED) is 0.689. The molecule has 0 aromatic heterocycles. The molecule has 26 heavy (non-hydrogen) atoms. The average molecular weight is 346 g/mol. The van der Waals surface area contributed by atoms with Gasteiger partial charge in [0.15, 0.2) is 11.6 Å². The summed E-state index contributed by atoms with van der Waals surface area (Å²) in [6.45, 7) is 0. The van der Waals surface area contributed by atoms with E-state index in [4.69, 9.17) is 5.11 Å². The molecule has 0 heterocycles. The number of carbonyl (C=O) groups is 3. The van der Waals surface area contributed by atoms with Crippen LogP contribution in [-0.4, -0.2) is 27.7 Å². The summed E-state index contributed by atoms with van der Waals surface area (Å²) < 4.78 is 0. The number of phenols is 1. The van der Waals surface area contributed by atoms with Crippen LogP contribution in [0.1, 0.15) is 42.2 Å². The Kier molecular flexibility index (Phi) is 4.62. The van der Waals surface area contributed by atoms with Crippen LogP contribution in [-0.2, 0) is 0 Å². The lowest BCUT2D eigenvalue weighted by molar-refractivity contribution is 0.0693. The van der Waals surface area contributed by atoms with Crippen molar-refractivity contribution in [3.05, 3.63) is 101 Å². The van der Waals surface area contributed by atoms with E-state index >= 15 is 0 Å². The standard InChI is InChI=1S/C21H14O5/c22-18-10-9-16(12-17(18)21(25)26)20(24)15-8-4-7-14(11-15)19(23)13-5-2-1-3-6-13/h1-12,22H,(H,25,26). The smallest absolute Gasteiger partial charge is 0.339 e. The summed E-state index contributed by atoms with van der Waals surface area (Å²) >= 11 is 0. The molecule has 0 aliphatic rings. The molecular weight excluding hydrogens is 332 g/mol. The largest absolute Gasteiger partial charge is 0.507 e. The van der Waals surface area contributed by atoms with Gasteiger partial charge in [-0.25, -0.2) is 4.79 Å². The molecule has 3 aromatic rings. The van der Waals surface area contributed by atoms with Crippen LogP contribution in [0, 0.1) is 0 Å². The Morgan fingerprint density at radius 2 is 1.15 bits per heavy atom. The third kappa shape index (κ3) is 3.37. The van der Waals surface area contributed by atoms with Gasteiger partial charge in [-0.1, -0.05) is 48.5 Å². The van der Waals surface area contributed by atoms with Gasteiger partial charge in [0.05, 0.1) is 0 Å². The SMILES string of the molecule is O=C(c1ccccc1)c1cccc(C(=O)c2ccc(O)c(C(=O)O)c2)c1. The summed E-state index contributed by atoms with van der Waals surface area (Å²) in [4.78, 5) is 36.3. The van der Waals surface area contributed by atoms with E-state index in [0.717, 1.165) is 12.1 Å². The van der Waals surface area contributed by atoms with Gasteiger partial charge in [0.1, 0.15) is 11.3 Å². The maximum atomic E-state index is 12.7. The number of hydrogen-bond donors (Lipinski definition) is 2. The Balaban J connectivity index is 1.96. The first-order valence-electron chi connectivity index (χ1n) is 7.78. The van der Waals surface area contributed by atoms with E-state index in [1.807, 2.05) is 6.07 Å². The Morgan fingerprint density at radius 3 is 1.77 bits per heavy atom. The second kappa shape index (κ2) is 7.03. The Hall–Kier alpha value is -3.73. The number of rotatable bonds is 5. The number of hydrogen-bond acceptors (Lipinski definition) is 4. The van der Waals surface area contributed by atoms with Crippen LogP contribution < -0.4 is 0 Å².